The largest absolute Gasteiger partial charge is 0.461 e. The van der Waals surface area contributed by atoms with E-state index in [1.54, 1.807) is 37.3 Å². The number of benzene rings is 2. The van der Waals surface area contributed by atoms with Crippen LogP contribution in [0.25, 0.3) is 5.69 Å². The summed E-state index contributed by atoms with van der Waals surface area (Å²) in [7, 11) is -4.33. The minimum absolute atomic E-state index is 0.0103. The predicted molar refractivity (Wildman–Crippen MR) is 114 cm³/mol. The number of hydrogen-bond donors (Lipinski definition) is 0. The van der Waals surface area contributed by atoms with Crippen molar-refractivity contribution >= 4 is 27.7 Å². The Kier molecular flexibility index (Phi) is 6.77. The van der Waals surface area contributed by atoms with Crippen molar-refractivity contribution in [2.75, 3.05) is 6.61 Å². The second-order valence-electron chi connectivity index (χ2n) is 6.31. The summed E-state index contributed by atoms with van der Waals surface area (Å²) in [5.41, 5.74) is -0.0674. The van der Waals surface area contributed by atoms with Gasteiger partial charge in [0.2, 0.25) is 5.69 Å². The quantitative estimate of drug-likeness (QED) is 0.391. The van der Waals surface area contributed by atoms with Crippen LogP contribution in [-0.2, 0) is 21.3 Å². The number of carbonyl (C=O) groups is 1. The van der Waals surface area contributed by atoms with Gasteiger partial charge in [0.15, 0.2) is 5.75 Å². The number of halogens is 1. The fourth-order valence-electron chi connectivity index (χ4n) is 2.70. The van der Waals surface area contributed by atoms with Crippen LogP contribution in [0.1, 0.15) is 29.9 Å². The van der Waals surface area contributed by atoms with Crippen LogP contribution in [0, 0.1) is 0 Å². The van der Waals surface area contributed by atoms with Gasteiger partial charge in [-0.05, 0) is 43.2 Å². The molecule has 0 unspecified atom stereocenters. The Balaban J connectivity index is 2.10. The third kappa shape index (κ3) is 4.95. The van der Waals surface area contributed by atoms with E-state index < -0.39 is 33.1 Å². The molecule has 0 amide bonds. The molecular weight excluding hydrogens is 444 g/mol. The fraction of sp³-hybridized carbons (Fsp3) is 0.190. The van der Waals surface area contributed by atoms with Crippen LogP contribution in [0.15, 0.2) is 64.3 Å². The Morgan fingerprint density at radius 2 is 1.77 bits per heavy atom. The van der Waals surface area contributed by atoms with Crippen LogP contribution in [0.2, 0.25) is 5.02 Å². The first-order chi connectivity index (χ1) is 14.8. The minimum Gasteiger partial charge on any atom is -0.461 e. The number of carbonyl (C=O) groups excluding carboxylic acids is 1. The van der Waals surface area contributed by atoms with Crippen molar-refractivity contribution in [1.82, 2.24) is 9.78 Å². The monoisotopic (exact) mass is 462 g/mol. The number of hydrogen-bond acceptors (Lipinski definition) is 7. The van der Waals surface area contributed by atoms with E-state index in [4.69, 9.17) is 20.5 Å². The van der Waals surface area contributed by atoms with E-state index >= 15 is 0 Å². The summed E-state index contributed by atoms with van der Waals surface area (Å²) in [5, 5.41) is 4.20. The first kappa shape index (κ1) is 22.5. The summed E-state index contributed by atoms with van der Waals surface area (Å²) in [6.45, 7) is 3.52. The number of nitrogens with zero attached hydrogens (tertiary/aromatic N) is 2. The molecule has 31 heavy (non-hydrogen) atoms. The first-order valence-electron chi connectivity index (χ1n) is 9.36. The zero-order chi connectivity index (χ0) is 22.6. The number of esters is 1. The second-order valence-corrected chi connectivity index (χ2v) is 8.27. The summed E-state index contributed by atoms with van der Waals surface area (Å²) < 4.78 is 36.4. The molecule has 0 atom stereocenters. The molecular formula is C21H19ClN2O6S. The Labute approximate surface area is 184 Å². The summed E-state index contributed by atoms with van der Waals surface area (Å²) in [6.07, 6.45) is 0.735. The Bertz CT molecular complexity index is 1270. The number of aromatic nitrogens is 2. The molecule has 0 aliphatic rings. The molecule has 8 nitrogen and oxygen atoms in total. The fourth-order valence-corrected chi connectivity index (χ4v) is 3.84. The van der Waals surface area contributed by atoms with Crippen molar-refractivity contribution in [3.05, 3.63) is 81.2 Å². The van der Waals surface area contributed by atoms with Gasteiger partial charge in [0.05, 0.1) is 23.4 Å². The van der Waals surface area contributed by atoms with Crippen LogP contribution in [0.4, 0.5) is 0 Å². The van der Waals surface area contributed by atoms with Gasteiger partial charge in [-0.2, -0.15) is 18.2 Å². The van der Waals surface area contributed by atoms with Gasteiger partial charge in [-0.3, -0.25) is 4.79 Å². The van der Waals surface area contributed by atoms with Crippen LogP contribution in [-0.4, -0.2) is 30.8 Å². The van der Waals surface area contributed by atoms with Crippen molar-refractivity contribution in [2.45, 2.75) is 25.2 Å². The van der Waals surface area contributed by atoms with Gasteiger partial charge in [-0.25, -0.2) is 4.79 Å². The Hall–Kier alpha value is -3.17. The molecule has 162 valence electrons. The molecule has 10 heteroatoms. The second kappa shape index (κ2) is 9.32. The van der Waals surface area contributed by atoms with Crippen molar-refractivity contribution in [2.24, 2.45) is 0 Å². The highest BCUT2D eigenvalue weighted by Crippen LogP contribution is 2.24. The zero-order valence-corrected chi connectivity index (χ0v) is 18.3. The summed E-state index contributed by atoms with van der Waals surface area (Å²) in [5.74, 6) is -1.49. The van der Waals surface area contributed by atoms with E-state index in [9.17, 15) is 18.0 Å². The van der Waals surface area contributed by atoms with E-state index in [0.717, 1.165) is 22.7 Å². The number of aryl methyl sites for hydroxylation is 1. The lowest BCUT2D eigenvalue weighted by Gasteiger charge is -2.13. The first-order valence-corrected chi connectivity index (χ1v) is 11.1. The van der Waals surface area contributed by atoms with Gasteiger partial charge in [-0.1, -0.05) is 42.8 Å². The van der Waals surface area contributed by atoms with Gasteiger partial charge >= 0.3 is 16.1 Å². The smallest absolute Gasteiger partial charge is 0.362 e. The molecule has 3 rings (SSSR count). The van der Waals surface area contributed by atoms with Crippen LogP contribution < -0.4 is 9.74 Å². The van der Waals surface area contributed by atoms with Gasteiger partial charge < -0.3 is 8.92 Å². The number of rotatable bonds is 7. The van der Waals surface area contributed by atoms with E-state index in [1.165, 1.54) is 18.2 Å². The number of para-hydroxylation sites is 1. The van der Waals surface area contributed by atoms with Crippen LogP contribution in [0.5, 0.6) is 5.75 Å². The third-order valence-electron chi connectivity index (χ3n) is 4.27. The SMILES string of the molecule is CCOC(=O)c1nn(-c2ccccc2Cl)c(=O)cc1OS(=O)(=O)c1ccc(CC)cc1. The average molecular weight is 463 g/mol. The van der Waals surface area contributed by atoms with Crippen LogP contribution in [0.3, 0.4) is 0 Å². The van der Waals surface area contributed by atoms with Crippen molar-refractivity contribution in [1.29, 1.82) is 0 Å². The maximum Gasteiger partial charge on any atom is 0.362 e. The summed E-state index contributed by atoms with van der Waals surface area (Å²) in [6, 6.07) is 13.3. The summed E-state index contributed by atoms with van der Waals surface area (Å²) >= 11 is 6.13. The standard InChI is InChI=1S/C21H19ClN2O6S/c1-3-14-9-11-15(12-10-14)31(27,28)30-18-13-19(25)24(17-8-6-5-7-16(17)22)23-20(18)21(26)29-4-2/h5-13H,3-4H2,1-2H3. The van der Waals surface area contributed by atoms with E-state index in [1.807, 2.05) is 6.92 Å². The predicted octanol–water partition coefficient (Wildman–Crippen LogP) is 3.39. The minimum atomic E-state index is -4.33. The van der Waals surface area contributed by atoms with E-state index in [-0.39, 0.29) is 22.2 Å². The third-order valence-corrected chi connectivity index (χ3v) is 5.83. The maximum absolute atomic E-state index is 12.7. The average Bonchev–Trinajstić information content (AvgIpc) is 2.74. The van der Waals surface area contributed by atoms with Crippen molar-refractivity contribution in [3.8, 4) is 11.4 Å². The van der Waals surface area contributed by atoms with Gasteiger partial charge in [0.1, 0.15) is 4.90 Å². The molecule has 0 N–H and O–H groups in total. The lowest BCUT2D eigenvalue weighted by Crippen LogP contribution is -2.26. The molecule has 0 radical (unpaired) electrons. The molecule has 0 saturated heterocycles. The lowest BCUT2D eigenvalue weighted by molar-refractivity contribution is 0.0515. The number of ether oxygens (including phenoxy) is 1. The van der Waals surface area contributed by atoms with Crippen LogP contribution >= 0.6 is 11.6 Å². The molecule has 0 saturated carbocycles. The van der Waals surface area contributed by atoms with Crippen molar-refractivity contribution < 1.29 is 22.1 Å². The molecule has 0 aliphatic heterocycles. The van der Waals surface area contributed by atoms with Gasteiger partial charge in [-0.15, -0.1) is 0 Å². The highest BCUT2D eigenvalue weighted by atomic mass is 35.5. The molecule has 0 bridgehead atoms. The normalized spacial score (nSPS) is 11.2. The molecule has 1 aromatic heterocycles. The Morgan fingerprint density at radius 3 is 2.39 bits per heavy atom. The molecule has 0 fully saturated rings. The molecule has 2 aromatic carbocycles. The van der Waals surface area contributed by atoms with Crippen molar-refractivity contribution in [3.63, 3.8) is 0 Å². The highest BCUT2D eigenvalue weighted by Gasteiger charge is 2.25. The summed E-state index contributed by atoms with van der Waals surface area (Å²) in [4.78, 5) is 25.0. The molecule has 3 aromatic rings. The lowest BCUT2D eigenvalue weighted by atomic mass is 10.2. The van der Waals surface area contributed by atoms with E-state index in [2.05, 4.69) is 5.10 Å². The Morgan fingerprint density at radius 1 is 1.10 bits per heavy atom. The topological polar surface area (TPSA) is 105 Å². The maximum atomic E-state index is 12.7. The molecule has 1 heterocycles. The van der Waals surface area contributed by atoms with Gasteiger partial charge in [0.25, 0.3) is 5.56 Å². The zero-order valence-electron chi connectivity index (χ0n) is 16.7. The highest BCUT2D eigenvalue weighted by molar-refractivity contribution is 7.87. The molecule has 0 spiro atoms. The van der Waals surface area contributed by atoms with Gasteiger partial charge in [0, 0.05) is 0 Å². The van der Waals surface area contributed by atoms with E-state index in [0.29, 0.717) is 0 Å². The molecule has 0 aliphatic carbocycles.